The monoisotopic (exact) mass is 616 g/mol. The van der Waals surface area contributed by atoms with E-state index in [2.05, 4.69) is 150 Å². The van der Waals surface area contributed by atoms with Crippen molar-refractivity contribution in [2.45, 2.75) is 20.8 Å². The van der Waals surface area contributed by atoms with E-state index in [0.29, 0.717) is 0 Å². The Balaban J connectivity index is 1.71. The Morgan fingerprint density at radius 3 is 2.03 bits per heavy atom. The Bertz CT molecular complexity index is 1670. The van der Waals surface area contributed by atoms with E-state index in [9.17, 15) is 0 Å². The van der Waals surface area contributed by atoms with E-state index in [0.717, 1.165) is 5.57 Å². The average molecular weight is 617 g/mol. The van der Waals surface area contributed by atoms with Crippen molar-refractivity contribution in [1.29, 1.82) is 0 Å². The zero-order valence-electron chi connectivity index (χ0n) is 22.8. The first-order chi connectivity index (χ1) is 19.0. The molecule has 0 fully saturated rings. The first kappa shape index (κ1) is 26.8. The van der Waals surface area contributed by atoms with Crippen LogP contribution in [-0.4, -0.2) is 4.01 Å². The maximum absolute atomic E-state index is 3.99. The Morgan fingerprint density at radius 1 is 0.692 bits per heavy atom. The summed E-state index contributed by atoms with van der Waals surface area (Å²) in [5.74, 6) is 0. The van der Waals surface area contributed by atoms with Gasteiger partial charge < -0.3 is 0 Å². The third-order valence-electron chi connectivity index (χ3n) is 6.78. The van der Waals surface area contributed by atoms with E-state index in [1.54, 1.807) is 0 Å². The highest BCUT2D eigenvalue weighted by Gasteiger charge is 2.12. The molecular formula is C38H33I. The molecule has 1 aliphatic rings. The summed E-state index contributed by atoms with van der Waals surface area (Å²) in [5.41, 5.74) is 14.7. The minimum absolute atomic E-state index is 0.0442. The number of hydrogen-bond acceptors (Lipinski definition) is 0. The molecule has 4 aromatic rings. The standard InChI is InChI=1S/C38H33I/c1-27(2)11-8-13-29(4)33-20-36(32-17-10-18-39-26-32)25-37(21-33)38-23-34(30-14-6-5-7-15-30)22-35(24-38)31-16-9-12-28(3)19-31/h5-26H,1H2,2-4H3/b11-8-,29-13+. The molecule has 0 amide bonds. The minimum Gasteiger partial charge on any atom is -0.0961 e. The van der Waals surface area contributed by atoms with Crippen LogP contribution in [0.5, 0.6) is 0 Å². The molecule has 0 atom stereocenters. The number of halogens is 1. The van der Waals surface area contributed by atoms with Gasteiger partial charge in [0, 0.05) is 0 Å². The van der Waals surface area contributed by atoms with E-state index in [-0.39, 0.29) is 20.7 Å². The van der Waals surface area contributed by atoms with Gasteiger partial charge in [-0.3, -0.25) is 0 Å². The second kappa shape index (κ2) is 12.4. The van der Waals surface area contributed by atoms with Crippen molar-refractivity contribution in [2.75, 3.05) is 0 Å². The Hall–Kier alpha value is -3.82. The normalized spacial score (nSPS) is 13.3. The number of aryl methyl sites for hydroxylation is 1. The van der Waals surface area contributed by atoms with Crippen LogP contribution < -0.4 is 0 Å². The topological polar surface area (TPSA) is 0 Å². The molecule has 0 aromatic heterocycles. The van der Waals surface area contributed by atoms with Crippen LogP contribution in [-0.2, 0) is 0 Å². The summed E-state index contributed by atoms with van der Waals surface area (Å²) in [6, 6.07) is 33.5. The van der Waals surface area contributed by atoms with Gasteiger partial charge in [-0.15, -0.1) is 0 Å². The molecule has 0 saturated carbocycles. The van der Waals surface area contributed by atoms with Crippen molar-refractivity contribution >= 4 is 35.9 Å². The minimum atomic E-state index is -0.0442. The van der Waals surface area contributed by atoms with E-state index in [4.69, 9.17) is 0 Å². The van der Waals surface area contributed by atoms with Crippen molar-refractivity contribution in [1.82, 2.24) is 0 Å². The number of benzene rings is 4. The van der Waals surface area contributed by atoms with Gasteiger partial charge in [-0.05, 0) is 121 Å². The second-order valence-corrected chi connectivity index (χ2v) is 12.1. The molecule has 0 N–H and O–H groups in total. The highest BCUT2D eigenvalue weighted by Crippen LogP contribution is 2.36. The van der Waals surface area contributed by atoms with Crippen LogP contribution in [0.1, 0.15) is 30.5 Å². The summed E-state index contributed by atoms with van der Waals surface area (Å²) in [7, 11) is 0. The molecule has 4 aromatic carbocycles. The lowest BCUT2D eigenvalue weighted by Crippen LogP contribution is -1.92. The molecular weight excluding hydrogens is 583 g/mol. The molecule has 0 spiro atoms. The maximum atomic E-state index is 3.99. The summed E-state index contributed by atoms with van der Waals surface area (Å²) in [6.45, 7) is 10.4. The fourth-order valence-electron chi connectivity index (χ4n) is 4.71. The highest BCUT2D eigenvalue weighted by atomic mass is 127. The van der Waals surface area contributed by atoms with Gasteiger partial charge in [0.15, 0.2) is 0 Å². The van der Waals surface area contributed by atoms with Gasteiger partial charge in [0.05, 0.1) is 0 Å². The van der Waals surface area contributed by atoms with Crippen LogP contribution >= 0.6 is 20.7 Å². The predicted octanol–water partition coefficient (Wildman–Crippen LogP) is 11.2. The second-order valence-electron chi connectivity index (χ2n) is 10.1. The Labute approximate surface area is 243 Å². The number of allylic oxidation sites excluding steroid dienone is 8. The summed E-state index contributed by atoms with van der Waals surface area (Å²) < 4.78 is 4.72. The van der Waals surface area contributed by atoms with Gasteiger partial charge >= 0.3 is 0 Å². The molecule has 0 unspecified atom stereocenters. The van der Waals surface area contributed by atoms with Crippen LogP contribution in [0.25, 0.3) is 44.5 Å². The molecule has 0 saturated heterocycles. The quantitative estimate of drug-likeness (QED) is 0.143. The molecule has 1 heteroatoms. The van der Waals surface area contributed by atoms with Crippen molar-refractivity contribution in [3.63, 3.8) is 0 Å². The number of rotatable bonds is 7. The smallest absolute Gasteiger partial charge is 0.0127 e. The maximum Gasteiger partial charge on any atom is -0.0127 e. The fraction of sp³-hybridized carbons (Fsp3) is 0.0789. The largest absolute Gasteiger partial charge is 0.0961 e. The molecule has 192 valence electrons. The molecule has 39 heavy (non-hydrogen) atoms. The molecule has 1 aliphatic heterocycles. The average Bonchev–Trinajstić information content (AvgIpc) is 2.97. The van der Waals surface area contributed by atoms with Crippen LogP contribution in [0.4, 0.5) is 0 Å². The molecule has 0 aliphatic carbocycles. The molecule has 0 nitrogen and oxygen atoms in total. The lowest BCUT2D eigenvalue weighted by atomic mass is 9.90. The molecule has 0 radical (unpaired) electrons. The van der Waals surface area contributed by atoms with Crippen molar-refractivity contribution < 1.29 is 0 Å². The van der Waals surface area contributed by atoms with Crippen LogP contribution in [0, 0.1) is 6.92 Å². The van der Waals surface area contributed by atoms with Crippen LogP contribution in [0.2, 0.25) is 0 Å². The van der Waals surface area contributed by atoms with E-state index in [1.165, 1.54) is 61.2 Å². The summed E-state index contributed by atoms with van der Waals surface area (Å²) in [5, 5.41) is 0. The number of hydrogen-bond donors (Lipinski definition) is 0. The van der Waals surface area contributed by atoms with Gasteiger partial charge in [0.1, 0.15) is 0 Å². The van der Waals surface area contributed by atoms with Crippen molar-refractivity contribution in [3.05, 3.63) is 154 Å². The molecule has 1 heterocycles. The summed E-state index contributed by atoms with van der Waals surface area (Å²) in [4.78, 5) is 0. The highest BCUT2D eigenvalue weighted by molar-refractivity contribution is 14.2. The summed E-state index contributed by atoms with van der Waals surface area (Å²) in [6.07, 6.45) is 10.8. The van der Waals surface area contributed by atoms with Crippen LogP contribution in [0.15, 0.2) is 138 Å². The van der Waals surface area contributed by atoms with Crippen LogP contribution in [0.3, 0.4) is 0 Å². The van der Waals surface area contributed by atoms with E-state index in [1.807, 2.05) is 6.92 Å². The lowest BCUT2D eigenvalue weighted by molar-refractivity contribution is 1.46. The molecule has 5 rings (SSSR count). The Kier molecular flexibility index (Phi) is 8.48. The third-order valence-corrected chi connectivity index (χ3v) is 8.64. The van der Waals surface area contributed by atoms with E-state index >= 15 is 0 Å². The van der Waals surface area contributed by atoms with Gasteiger partial charge in [0.25, 0.3) is 0 Å². The summed E-state index contributed by atoms with van der Waals surface area (Å²) >= 11 is -0.0442. The van der Waals surface area contributed by atoms with Gasteiger partial charge in [0.2, 0.25) is 0 Å². The zero-order chi connectivity index (χ0) is 27.2. The first-order valence-electron chi connectivity index (χ1n) is 13.2. The van der Waals surface area contributed by atoms with E-state index < -0.39 is 0 Å². The van der Waals surface area contributed by atoms with Gasteiger partial charge in [-0.25, -0.2) is 0 Å². The predicted molar refractivity (Wildman–Crippen MR) is 182 cm³/mol. The van der Waals surface area contributed by atoms with Crippen molar-refractivity contribution in [2.24, 2.45) is 0 Å². The lowest BCUT2D eigenvalue weighted by Gasteiger charge is -2.15. The van der Waals surface area contributed by atoms with Crippen molar-refractivity contribution in [3.8, 4) is 33.4 Å². The Morgan fingerprint density at radius 2 is 1.33 bits per heavy atom. The van der Waals surface area contributed by atoms with Gasteiger partial charge in [-0.2, -0.15) is 0 Å². The SMILES string of the molecule is C=C(C)/C=C\C=C(/C)c1cc(C2=CI=CC=C2)cc(-c2cc(-c3ccccc3)cc(-c3cccc(C)c3)c2)c1. The molecule has 0 bridgehead atoms. The third kappa shape index (κ3) is 6.79. The zero-order valence-corrected chi connectivity index (χ0v) is 24.9. The fourth-order valence-corrected chi connectivity index (χ4v) is 6.32. The first-order valence-corrected chi connectivity index (χ1v) is 15.7. The van der Waals surface area contributed by atoms with Gasteiger partial charge in [-0.1, -0.05) is 123 Å².